The Hall–Kier alpha value is -1.06. The topological polar surface area (TPSA) is 46.6 Å². The molecule has 2 rings (SSSR count). The number of carbonyl (C=O) groups excluding carboxylic acids is 2. The van der Waals surface area contributed by atoms with Crippen LogP contribution < -0.4 is 0 Å². The zero-order chi connectivity index (χ0) is 13.5. The van der Waals surface area contributed by atoms with Gasteiger partial charge in [0.25, 0.3) is 0 Å². The van der Waals surface area contributed by atoms with Crippen LogP contribution in [0.3, 0.4) is 0 Å². The van der Waals surface area contributed by atoms with Gasteiger partial charge in [0.05, 0.1) is 0 Å². The maximum absolute atomic E-state index is 12.3. The Morgan fingerprint density at radius 1 is 1.28 bits per heavy atom. The number of amides is 2. The molecule has 0 bridgehead atoms. The molecule has 2 amide bonds. The van der Waals surface area contributed by atoms with Crippen molar-refractivity contribution in [3.63, 3.8) is 0 Å². The summed E-state index contributed by atoms with van der Waals surface area (Å²) in [6, 6.07) is -0.0161. The van der Waals surface area contributed by atoms with Gasteiger partial charge in [-0.3, -0.25) is 4.79 Å². The molecule has 2 fully saturated rings. The fraction of sp³-hybridized carbons (Fsp3) is 0.857. The number of nitrogens with zero attached hydrogens (tertiary/aromatic N) is 1. The smallest absolute Gasteiger partial charge is 0.417 e. The van der Waals surface area contributed by atoms with Crippen molar-refractivity contribution in [3.8, 4) is 0 Å². The van der Waals surface area contributed by atoms with E-state index in [1.807, 2.05) is 27.7 Å². The fourth-order valence-electron chi connectivity index (χ4n) is 3.18. The molecule has 1 aliphatic heterocycles. The molecule has 18 heavy (non-hydrogen) atoms. The van der Waals surface area contributed by atoms with Gasteiger partial charge < -0.3 is 4.74 Å². The molecule has 0 spiro atoms. The molecular weight excluding hydrogens is 230 g/mol. The van der Waals surface area contributed by atoms with E-state index >= 15 is 0 Å². The summed E-state index contributed by atoms with van der Waals surface area (Å²) in [6.45, 7) is 7.44. The molecule has 4 nitrogen and oxygen atoms in total. The molecule has 1 saturated carbocycles. The Kier molecular flexibility index (Phi) is 3.39. The second-order valence-electron chi connectivity index (χ2n) is 6.48. The summed E-state index contributed by atoms with van der Waals surface area (Å²) >= 11 is 0. The average Bonchev–Trinajstić information content (AvgIpc) is 2.50. The number of imide groups is 1. The van der Waals surface area contributed by atoms with Crippen molar-refractivity contribution < 1.29 is 14.3 Å². The third kappa shape index (κ3) is 2.38. The Balaban J connectivity index is 2.13. The minimum absolute atomic E-state index is 0.0161. The number of likely N-dealkylation sites (tertiary alicyclic amines) is 1. The molecule has 3 unspecified atom stereocenters. The van der Waals surface area contributed by atoms with Gasteiger partial charge in [0.15, 0.2) is 0 Å². The molecule has 4 heteroatoms. The normalized spacial score (nSPS) is 32.3. The van der Waals surface area contributed by atoms with Crippen LogP contribution in [0.2, 0.25) is 0 Å². The van der Waals surface area contributed by atoms with E-state index in [2.05, 4.69) is 0 Å². The predicted molar refractivity (Wildman–Crippen MR) is 68.0 cm³/mol. The first-order chi connectivity index (χ1) is 8.31. The third-order valence-corrected chi connectivity index (χ3v) is 3.99. The van der Waals surface area contributed by atoms with Crippen LogP contribution in [-0.2, 0) is 9.53 Å². The van der Waals surface area contributed by atoms with Crippen molar-refractivity contribution in [2.24, 2.45) is 11.8 Å². The highest BCUT2D eigenvalue weighted by atomic mass is 16.6. The summed E-state index contributed by atoms with van der Waals surface area (Å²) in [5, 5.41) is 0. The number of hydrogen-bond donors (Lipinski definition) is 0. The highest BCUT2D eigenvalue weighted by molar-refractivity contribution is 5.96. The van der Waals surface area contributed by atoms with Crippen LogP contribution in [0.25, 0.3) is 0 Å². The summed E-state index contributed by atoms with van der Waals surface area (Å²) < 4.78 is 5.33. The van der Waals surface area contributed by atoms with Crippen LogP contribution in [0.4, 0.5) is 4.79 Å². The lowest BCUT2D eigenvalue weighted by atomic mass is 9.79. The van der Waals surface area contributed by atoms with Crippen molar-refractivity contribution >= 4 is 12.0 Å². The van der Waals surface area contributed by atoms with Gasteiger partial charge in [-0.25, -0.2) is 9.69 Å². The van der Waals surface area contributed by atoms with Crippen molar-refractivity contribution in [1.82, 2.24) is 4.90 Å². The van der Waals surface area contributed by atoms with Crippen LogP contribution in [0, 0.1) is 11.8 Å². The summed E-state index contributed by atoms with van der Waals surface area (Å²) in [6.07, 6.45) is 3.77. The van der Waals surface area contributed by atoms with Gasteiger partial charge in [-0.15, -0.1) is 0 Å². The molecule has 1 heterocycles. The van der Waals surface area contributed by atoms with E-state index in [1.165, 1.54) is 11.3 Å². The van der Waals surface area contributed by atoms with Crippen molar-refractivity contribution in [2.45, 2.75) is 65.0 Å². The zero-order valence-electron chi connectivity index (χ0n) is 11.7. The third-order valence-electron chi connectivity index (χ3n) is 3.99. The molecule has 0 aromatic heterocycles. The van der Waals surface area contributed by atoms with E-state index in [1.54, 1.807) is 0 Å². The van der Waals surface area contributed by atoms with Crippen molar-refractivity contribution in [1.29, 1.82) is 0 Å². The lowest BCUT2D eigenvalue weighted by molar-refractivity contribution is -0.131. The van der Waals surface area contributed by atoms with Gasteiger partial charge >= 0.3 is 6.09 Å². The maximum atomic E-state index is 12.3. The van der Waals surface area contributed by atoms with Gasteiger partial charge in [0.1, 0.15) is 5.60 Å². The molecule has 0 N–H and O–H groups in total. The second kappa shape index (κ2) is 4.56. The summed E-state index contributed by atoms with van der Waals surface area (Å²) in [5.74, 6) is 0.349. The van der Waals surface area contributed by atoms with Gasteiger partial charge in [0, 0.05) is 12.0 Å². The van der Waals surface area contributed by atoms with Crippen molar-refractivity contribution in [2.75, 3.05) is 0 Å². The van der Waals surface area contributed by atoms with Gasteiger partial charge in [-0.1, -0.05) is 12.8 Å². The van der Waals surface area contributed by atoms with E-state index in [0.29, 0.717) is 5.92 Å². The van der Waals surface area contributed by atoms with Crippen molar-refractivity contribution in [3.05, 3.63) is 0 Å². The number of fused-ring (bicyclic) bond motifs is 1. The fourth-order valence-corrected chi connectivity index (χ4v) is 3.18. The van der Waals surface area contributed by atoms with E-state index in [4.69, 9.17) is 4.74 Å². The Bertz CT molecular complexity index is 359. The first kappa shape index (κ1) is 13.4. The lowest BCUT2D eigenvalue weighted by Gasteiger charge is -2.27. The minimum atomic E-state index is -0.551. The quantitative estimate of drug-likeness (QED) is 0.666. The monoisotopic (exact) mass is 253 g/mol. The molecule has 1 aliphatic carbocycles. The predicted octanol–water partition coefficient (Wildman–Crippen LogP) is 2.96. The van der Waals surface area contributed by atoms with E-state index in [9.17, 15) is 9.59 Å². The highest BCUT2D eigenvalue weighted by Crippen LogP contribution is 2.41. The first-order valence-corrected chi connectivity index (χ1v) is 6.87. The molecule has 1 saturated heterocycles. The molecule has 0 radical (unpaired) electrons. The molecule has 102 valence electrons. The number of rotatable bonds is 0. The van der Waals surface area contributed by atoms with E-state index in [-0.39, 0.29) is 17.9 Å². The van der Waals surface area contributed by atoms with Crippen LogP contribution >= 0.6 is 0 Å². The number of hydrogen-bond acceptors (Lipinski definition) is 3. The Morgan fingerprint density at radius 2 is 1.89 bits per heavy atom. The van der Waals surface area contributed by atoms with E-state index in [0.717, 1.165) is 19.3 Å². The Morgan fingerprint density at radius 3 is 2.44 bits per heavy atom. The van der Waals surface area contributed by atoms with Gasteiger partial charge in [-0.05, 0) is 46.5 Å². The number of ether oxygens (including phenoxy) is 1. The molecule has 3 atom stereocenters. The zero-order valence-corrected chi connectivity index (χ0v) is 11.7. The van der Waals surface area contributed by atoms with Crippen LogP contribution in [-0.4, -0.2) is 28.5 Å². The highest BCUT2D eigenvalue weighted by Gasteiger charge is 2.50. The SMILES string of the molecule is CC1C2CCCCC2C(=O)N1C(=O)OC(C)(C)C. The minimum Gasteiger partial charge on any atom is -0.443 e. The summed E-state index contributed by atoms with van der Waals surface area (Å²) in [4.78, 5) is 25.8. The van der Waals surface area contributed by atoms with Crippen LogP contribution in [0.1, 0.15) is 53.4 Å². The lowest BCUT2D eigenvalue weighted by Crippen LogP contribution is -2.42. The van der Waals surface area contributed by atoms with E-state index < -0.39 is 11.7 Å². The van der Waals surface area contributed by atoms with Gasteiger partial charge in [-0.2, -0.15) is 0 Å². The summed E-state index contributed by atoms with van der Waals surface area (Å²) in [7, 11) is 0. The molecule has 0 aromatic rings. The summed E-state index contributed by atoms with van der Waals surface area (Å²) in [5.41, 5.74) is -0.551. The van der Waals surface area contributed by atoms with Crippen LogP contribution in [0.15, 0.2) is 0 Å². The maximum Gasteiger partial charge on any atom is 0.417 e. The number of carbonyl (C=O) groups is 2. The largest absolute Gasteiger partial charge is 0.443 e. The van der Waals surface area contributed by atoms with Crippen LogP contribution in [0.5, 0.6) is 0 Å². The molecule has 0 aromatic carbocycles. The average molecular weight is 253 g/mol. The molecule has 2 aliphatic rings. The van der Waals surface area contributed by atoms with Gasteiger partial charge in [0.2, 0.25) is 5.91 Å². The first-order valence-electron chi connectivity index (χ1n) is 6.87. The Labute approximate surface area is 109 Å². The second-order valence-corrected chi connectivity index (χ2v) is 6.48. The molecular formula is C14H23NO3. The standard InChI is InChI=1S/C14H23NO3/c1-9-10-7-5-6-8-11(10)12(16)15(9)13(17)18-14(2,3)4/h9-11H,5-8H2,1-4H3.